The van der Waals surface area contributed by atoms with E-state index in [2.05, 4.69) is 5.32 Å². The normalized spacial score (nSPS) is 14.8. The minimum atomic E-state index is -0.349. The second-order valence-electron chi connectivity index (χ2n) is 5.60. The molecule has 0 bridgehead atoms. The zero-order valence-electron chi connectivity index (χ0n) is 14.3. The molecule has 132 valence electrons. The molecule has 0 spiro atoms. The van der Waals surface area contributed by atoms with Crippen LogP contribution < -0.4 is 10.1 Å². The highest BCUT2D eigenvalue weighted by Crippen LogP contribution is 2.18. The van der Waals surface area contributed by atoms with E-state index in [1.807, 2.05) is 31.2 Å². The molecule has 0 saturated carbocycles. The number of nitrogens with one attached hydrogen (secondary N) is 1. The third-order valence-electron chi connectivity index (χ3n) is 3.77. The van der Waals surface area contributed by atoms with E-state index in [1.165, 1.54) is 7.11 Å². The zero-order valence-corrected chi connectivity index (χ0v) is 14.3. The van der Waals surface area contributed by atoms with E-state index in [0.717, 1.165) is 18.6 Å². The molecular formula is C17H25N3O4. The van der Waals surface area contributed by atoms with E-state index in [9.17, 15) is 9.59 Å². The number of amides is 3. The fourth-order valence-electron chi connectivity index (χ4n) is 2.52. The van der Waals surface area contributed by atoms with Crippen LogP contribution in [0.5, 0.6) is 5.75 Å². The molecule has 1 heterocycles. The smallest absolute Gasteiger partial charge is 0.409 e. The first-order chi connectivity index (χ1) is 11.6. The molecule has 1 aromatic rings. The summed E-state index contributed by atoms with van der Waals surface area (Å²) in [6.45, 7) is 4.84. The second kappa shape index (κ2) is 9.00. The number of anilines is 1. The third kappa shape index (κ3) is 5.04. The van der Waals surface area contributed by atoms with Crippen LogP contribution in [0, 0.1) is 0 Å². The highest BCUT2D eigenvalue weighted by molar-refractivity contribution is 5.89. The van der Waals surface area contributed by atoms with Gasteiger partial charge in [-0.1, -0.05) is 13.0 Å². The van der Waals surface area contributed by atoms with E-state index in [-0.39, 0.29) is 12.1 Å². The molecule has 2 rings (SSSR count). The van der Waals surface area contributed by atoms with E-state index in [1.54, 1.807) is 9.80 Å². The lowest BCUT2D eigenvalue weighted by molar-refractivity contribution is 0.125. The Hall–Kier alpha value is -2.44. The average molecular weight is 335 g/mol. The van der Waals surface area contributed by atoms with Crippen molar-refractivity contribution in [3.63, 3.8) is 0 Å². The van der Waals surface area contributed by atoms with Crippen LogP contribution in [0.25, 0.3) is 0 Å². The van der Waals surface area contributed by atoms with Crippen molar-refractivity contribution in [1.82, 2.24) is 9.80 Å². The Balaban J connectivity index is 1.91. The summed E-state index contributed by atoms with van der Waals surface area (Å²) in [6.07, 6.45) is 1.31. The molecule has 7 heteroatoms. The third-order valence-corrected chi connectivity index (χ3v) is 3.77. The maximum Gasteiger partial charge on any atom is 0.409 e. The van der Waals surface area contributed by atoms with Crippen LogP contribution in [0.1, 0.15) is 19.8 Å². The van der Waals surface area contributed by atoms with Gasteiger partial charge in [0.25, 0.3) is 0 Å². The van der Waals surface area contributed by atoms with Crippen LogP contribution in [0.3, 0.4) is 0 Å². The SMILES string of the molecule is CCCOc1cccc(NC(=O)N2CCCN(C(=O)OC)CC2)c1. The molecule has 1 saturated heterocycles. The predicted octanol–water partition coefficient (Wildman–Crippen LogP) is 2.78. The van der Waals surface area contributed by atoms with Crippen molar-refractivity contribution < 1.29 is 19.1 Å². The first-order valence-corrected chi connectivity index (χ1v) is 8.25. The number of hydrogen-bond donors (Lipinski definition) is 1. The Morgan fingerprint density at radius 3 is 2.67 bits per heavy atom. The summed E-state index contributed by atoms with van der Waals surface area (Å²) in [4.78, 5) is 27.3. The molecule has 1 fully saturated rings. The number of nitrogens with zero attached hydrogens (tertiary/aromatic N) is 2. The molecule has 0 aliphatic carbocycles. The van der Waals surface area contributed by atoms with Gasteiger partial charge in [-0.25, -0.2) is 9.59 Å². The molecule has 1 aromatic carbocycles. The molecule has 1 aliphatic heterocycles. The lowest BCUT2D eigenvalue weighted by Crippen LogP contribution is -2.39. The summed E-state index contributed by atoms with van der Waals surface area (Å²) >= 11 is 0. The van der Waals surface area contributed by atoms with Crippen molar-refractivity contribution in [2.75, 3.05) is 45.2 Å². The van der Waals surface area contributed by atoms with E-state index < -0.39 is 0 Å². The fraction of sp³-hybridized carbons (Fsp3) is 0.529. The van der Waals surface area contributed by atoms with Gasteiger partial charge in [0.1, 0.15) is 5.75 Å². The summed E-state index contributed by atoms with van der Waals surface area (Å²) in [6, 6.07) is 7.18. The minimum absolute atomic E-state index is 0.172. The van der Waals surface area contributed by atoms with Crippen molar-refractivity contribution in [2.24, 2.45) is 0 Å². The molecule has 24 heavy (non-hydrogen) atoms. The van der Waals surface area contributed by atoms with Gasteiger partial charge in [-0.2, -0.15) is 0 Å². The van der Waals surface area contributed by atoms with Crippen LogP contribution in [-0.2, 0) is 4.74 Å². The van der Waals surface area contributed by atoms with E-state index in [0.29, 0.717) is 38.5 Å². The number of carbonyl (C=O) groups excluding carboxylic acids is 2. The molecule has 0 atom stereocenters. The number of hydrogen-bond acceptors (Lipinski definition) is 4. The Bertz CT molecular complexity index is 565. The topological polar surface area (TPSA) is 71.1 Å². The fourth-order valence-corrected chi connectivity index (χ4v) is 2.52. The van der Waals surface area contributed by atoms with Gasteiger partial charge in [0.15, 0.2) is 0 Å². The Morgan fingerprint density at radius 2 is 1.92 bits per heavy atom. The van der Waals surface area contributed by atoms with Crippen LogP contribution in [0.15, 0.2) is 24.3 Å². The highest BCUT2D eigenvalue weighted by atomic mass is 16.5. The Morgan fingerprint density at radius 1 is 1.17 bits per heavy atom. The average Bonchev–Trinajstić information content (AvgIpc) is 2.86. The molecule has 1 aliphatic rings. The molecule has 0 radical (unpaired) electrons. The van der Waals surface area contributed by atoms with Crippen LogP contribution in [0.2, 0.25) is 0 Å². The van der Waals surface area contributed by atoms with Gasteiger partial charge in [0.2, 0.25) is 0 Å². The minimum Gasteiger partial charge on any atom is -0.494 e. The van der Waals surface area contributed by atoms with Gasteiger partial charge in [0.05, 0.1) is 13.7 Å². The molecule has 7 nitrogen and oxygen atoms in total. The Kier molecular flexibility index (Phi) is 6.72. The number of ether oxygens (including phenoxy) is 2. The summed E-state index contributed by atoms with van der Waals surface area (Å²) in [5.41, 5.74) is 0.697. The first-order valence-electron chi connectivity index (χ1n) is 8.25. The summed E-state index contributed by atoms with van der Waals surface area (Å²) < 4.78 is 10.3. The standard InChI is InChI=1S/C17H25N3O4/c1-3-12-24-15-7-4-6-14(13-15)18-16(21)19-8-5-9-20(11-10-19)17(22)23-2/h4,6-7,13H,3,5,8-12H2,1-2H3,(H,18,21). The van der Waals surface area contributed by atoms with Crippen molar-refractivity contribution >= 4 is 17.8 Å². The van der Waals surface area contributed by atoms with Crippen molar-refractivity contribution in [3.8, 4) is 5.75 Å². The van der Waals surface area contributed by atoms with Gasteiger partial charge >= 0.3 is 12.1 Å². The number of urea groups is 1. The van der Waals surface area contributed by atoms with Gasteiger partial charge in [0, 0.05) is 37.9 Å². The number of methoxy groups -OCH3 is 1. The maximum atomic E-state index is 12.4. The van der Waals surface area contributed by atoms with Gasteiger partial charge < -0.3 is 24.6 Å². The maximum absolute atomic E-state index is 12.4. The van der Waals surface area contributed by atoms with Gasteiger partial charge in [-0.3, -0.25) is 0 Å². The van der Waals surface area contributed by atoms with E-state index in [4.69, 9.17) is 9.47 Å². The lowest BCUT2D eigenvalue weighted by atomic mass is 10.3. The van der Waals surface area contributed by atoms with Gasteiger partial charge in [-0.15, -0.1) is 0 Å². The van der Waals surface area contributed by atoms with Crippen LogP contribution in [0.4, 0.5) is 15.3 Å². The number of benzene rings is 1. The first kappa shape index (κ1) is 17.9. The summed E-state index contributed by atoms with van der Waals surface area (Å²) in [5, 5.41) is 2.89. The monoisotopic (exact) mass is 335 g/mol. The van der Waals surface area contributed by atoms with Gasteiger partial charge in [-0.05, 0) is 25.0 Å². The summed E-state index contributed by atoms with van der Waals surface area (Å²) in [7, 11) is 1.37. The highest BCUT2D eigenvalue weighted by Gasteiger charge is 2.22. The quantitative estimate of drug-likeness (QED) is 0.918. The molecule has 3 amide bonds. The van der Waals surface area contributed by atoms with Crippen molar-refractivity contribution in [3.05, 3.63) is 24.3 Å². The molecular weight excluding hydrogens is 310 g/mol. The number of carbonyl (C=O) groups is 2. The molecule has 0 aromatic heterocycles. The Labute approximate surface area is 142 Å². The van der Waals surface area contributed by atoms with Crippen molar-refractivity contribution in [1.29, 1.82) is 0 Å². The second-order valence-corrected chi connectivity index (χ2v) is 5.60. The molecule has 0 unspecified atom stereocenters. The largest absolute Gasteiger partial charge is 0.494 e. The lowest BCUT2D eigenvalue weighted by Gasteiger charge is -2.22. The van der Waals surface area contributed by atoms with Crippen molar-refractivity contribution in [2.45, 2.75) is 19.8 Å². The predicted molar refractivity (Wildman–Crippen MR) is 91.4 cm³/mol. The van der Waals surface area contributed by atoms with Crippen LogP contribution in [-0.4, -0.2) is 61.8 Å². The number of rotatable bonds is 4. The van der Waals surface area contributed by atoms with Crippen LogP contribution >= 0.6 is 0 Å². The molecule has 1 N–H and O–H groups in total. The zero-order chi connectivity index (χ0) is 17.4. The van der Waals surface area contributed by atoms with E-state index >= 15 is 0 Å². The summed E-state index contributed by atoms with van der Waals surface area (Å²) in [5.74, 6) is 0.738.